The van der Waals surface area contributed by atoms with Gasteiger partial charge in [0.15, 0.2) is 0 Å². The summed E-state index contributed by atoms with van der Waals surface area (Å²) in [7, 11) is -1.82. The lowest BCUT2D eigenvalue weighted by Crippen LogP contribution is -2.36. The first-order valence-corrected chi connectivity index (χ1v) is 11.8. The summed E-state index contributed by atoms with van der Waals surface area (Å²) in [5, 5.41) is 16.0. The highest BCUT2D eigenvalue weighted by molar-refractivity contribution is 7.89. The molecule has 1 aromatic carbocycles. The zero-order valence-corrected chi connectivity index (χ0v) is 17.9. The van der Waals surface area contributed by atoms with E-state index in [0.717, 1.165) is 32.1 Å². The van der Waals surface area contributed by atoms with Gasteiger partial charge in [0, 0.05) is 45.5 Å². The van der Waals surface area contributed by atoms with E-state index in [1.54, 1.807) is 10.7 Å². The van der Waals surface area contributed by atoms with Crippen LogP contribution in [0.15, 0.2) is 35.5 Å². The molecule has 2 fully saturated rings. The Balaban J connectivity index is 1.55. The number of sulfonamides is 1. The van der Waals surface area contributed by atoms with Crippen molar-refractivity contribution in [3.63, 3.8) is 0 Å². The second kappa shape index (κ2) is 8.35. The van der Waals surface area contributed by atoms with E-state index in [4.69, 9.17) is 0 Å². The maximum atomic E-state index is 12.9. The smallest absolute Gasteiger partial charge is 0.293 e. The molecule has 4 rings (SSSR count). The Morgan fingerprint density at radius 1 is 1.10 bits per heavy atom. The van der Waals surface area contributed by atoms with Crippen LogP contribution in [0, 0.1) is 10.1 Å². The van der Waals surface area contributed by atoms with Gasteiger partial charge in [-0.25, -0.2) is 8.42 Å². The van der Waals surface area contributed by atoms with E-state index in [1.165, 1.54) is 22.0 Å². The number of benzene rings is 1. The van der Waals surface area contributed by atoms with Gasteiger partial charge in [0.2, 0.25) is 10.0 Å². The monoisotopic (exact) mass is 433 g/mol. The number of piperidine rings is 2. The van der Waals surface area contributed by atoms with Gasteiger partial charge in [0.05, 0.1) is 16.0 Å². The zero-order valence-electron chi connectivity index (χ0n) is 17.1. The molecule has 0 aliphatic carbocycles. The molecular weight excluding hydrogens is 406 g/mol. The molecule has 2 aliphatic heterocycles. The molecule has 0 unspecified atom stereocenters. The van der Waals surface area contributed by atoms with Crippen LogP contribution < -0.4 is 4.90 Å². The topological polar surface area (TPSA) is 102 Å². The Morgan fingerprint density at radius 3 is 2.40 bits per heavy atom. The first kappa shape index (κ1) is 20.8. The summed E-state index contributed by atoms with van der Waals surface area (Å²) in [6.07, 6.45) is 8.30. The number of rotatable bonds is 5. The van der Waals surface area contributed by atoms with Crippen molar-refractivity contribution in [3.05, 3.63) is 46.3 Å². The number of nitrogens with zero attached hydrogens (tertiary/aromatic N) is 5. The molecule has 0 saturated carbocycles. The van der Waals surface area contributed by atoms with Crippen molar-refractivity contribution in [2.45, 2.75) is 42.9 Å². The number of hydrogen-bond acceptors (Lipinski definition) is 6. The zero-order chi connectivity index (χ0) is 21.3. The number of aromatic nitrogens is 2. The molecule has 2 aromatic rings. The van der Waals surface area contributed by atoms with Crippen LogP contribution in [0.4, 0.5) is 11.4 Å². The van der Waals surface area contributed by atoms with Gasteiger partial charge in [-0.15, -0.1) is 0 Å². The van der Waals surface area contributed by atoms with Crippen molar-refractivity contribution in [1.82, 2.24) is 14.1 Å². The first-order valence-electron chi connectivity index (χ1n) is 10.4. The Bertz CT molecular complexity index is 1020. The minimum Gasteiger partial charge on any atom is -0.366 e. The Kier molecular flexibility index (Phi) is 5.79. The lowest BCUT2D eigenvalue weighted by molar-refractivity contribution is -0.384. The minimum absolute atomic E-state index is 0.00472. The summed E-state index contributed by atoms with van der Waals surface area (Å²) in [5.74, 6) is 0.382. The molecule has 0 spiro atoms. The van der Waals surface area contributed by atoms with E-state index in [9.17, 15) is 18.5 Å². The first-order chi connectivity index (χ1) is 14.4. The van der Waals surface area contributed by atoms with E-state index in [0.29, 0.717) is 37.8 Å². The minimum atomic E-state index is -3.71. The molecule has 0 N–H and O–H groups in total. The average molecular weight is 434 g/mol. The molecule has 0 radical (unpaired) electrons. The highest BCUT2D eigenvalue weighted by Gasteiger charge is 2.31. The largest absolute Gasteiger partial charge is 0.366 e. The third kappa shape index (κ3) is 4.06. The summed E-state index contributed by atoms with van der Waals surface area (Å²) in [6, 6.07) is 4.34. The van der Waals surface area contributed by atoms with Crippen molar-refractivity contribution in [2.75, 3.05) is 31.1 Å². The van der Waals surface area contributed by atoms with E-state index in [2.05, 4.69) is 5.10 Å². The maximum absolute atomic E-state index is 12.9. The normalized spacial score (nSPS) is 19.2. The Labute approximate surface area is 176 Å². The van der Waals surface area contributed by atoms with Crippen LogP contribution in [0.1, 0.15) is 43.6 Å². The standard InChI is InChI=1S/C20H27N5O4S/c1-22-15-17(14-21-22)16-7-11-23(12-8-16)19-6-5-18(13-20(19)25(26)27)30(28,29)24-9-3-2-4-10-24/h5-6,13-16H,2-4,7-12H2,1H3. The summed E-state index contributed by atoms with van der Waals surface area (Å²) >= 11 is 0. The fourth-order valence-corrected chi connectivity index (χ4v) is 5.97. The van der Waals surface area contributed by atoms with Gasteiger partial charge in [0.1, 0.15) is 5.69 Å². The van der Waals surface area contributed by atoms with Gasteiger partial charge in [-0.2, -0.15) is 9.40 Å². The highest BCUT2D eigenvalue weighted by Crippen LogP contribution is 2.36. The average Bonchev–Trinajstić information content (AvgIpc) is 3.20. The molecule has 9 nitrogen and oxygen atoms in total. The molecule has 10 heteroatoms. The van der Waals surface area contributed by atoms with Crippen LogP contribution in [-0.2, 0) is 17.1 Å². The summed E-state index contributed by atoms with van der Waals surface area (Å²) < 4.78 is 29.1. The fraction of sp³-hybridized carbons (Fsp3) is 0.550. The fourth-order valence-electron chi connectivity index (χ4n) is 4.44. The Morgan fingerprint density at radius 2 is 1.80 bits per heavy atom. The second-order valence-electron chi connectivity index (χ2n) is 8.08. The van der Waals surface area contributed by atoms with Crippen LogP contribution in [0.3, 0.4) is 0 Å². The number of hydrogen-bond donors (Lipinski definition) is 0. The molecule has 0 atom stereocenters. The van der Waals surface area contributed by atoms with Crippen molar-refractivity contribution >= 4 is 21.4 Å². The van der Waals surface area contributed by atoms with Crippen molar-refractivity contribution in [2.24, 2.45) is 7.05 Å². The van der Waals surface area contributed by atoms with Gasteiger partial charge in [-0.3, -0.25) is 14.8 Å². The lowest BCUT2D eigenvalue weighted by atomic mass is 9.91. The van der Waals surface area contributed by atoms with Crippen LogP contribution in [-0.4, -0.2) is 53.6 Å². The molecule has 2 saturated heterocycles. The molecule has 3 heterocycles. The van der Waals surface area contributed by atoms with E-state index in [-0.39, 0.29) is 10.6 Å². The maximum Gasteiger partial charge on any atom is 0.293 e. The highest BCUT2D eigenvalue weighted by atomic mass is 32.2. The van der Waals surface area contributed by atoms with Gasteiger partial charge >= 0.3 is 0 Å². The van der Waals surface area contributed by atoms with E-state index >= 15 is 0 Å². The van der Waals surface area contributed by atoms with Crippen molar-refractivity contribution in [3.8, 4) is 0 Å². The summed E-state index contributed by atoms with van der Waals surface area (Å²) in [5.41, 5.74) is 1.53. The molecular formula is C20H27N5O4S. The van der Waals surface area contributed by atoms with Crippen molar-refractivity contribution < 1.29 is 13.3 Å². The van der Waals surface area contributed by atoms with Gasteiger partial charge < -0.3 is 4.90 Å². The van der Waals surface area contributed by atoms with Crippen molar-refractivity contribution in [1.29, 1.82) is 0 Å². The molecule has 2 aliphatic rings. The van der Waals surface area contributed by atoms with Gasteiger partial charge in [-0.1, -0.05) is 6.42 Å². The summed E-state index contributed by atoms with van der Waals surface area (Å²) in [6.45, 7) is 2.30. The third-order valence-corrected chi connectivity index (χ3v) is 8.02. The number of nitro benzene ring substituents is 1. The number of nitro groups is 1. The SMILES string of the molecule is Cn1cc(C2CCN(c3ccc(S(=O)(=O)N4CCCCC4)cc3[N+](=O)[O-])CC2)cn1. The lowest BCUT2D eigenvalue weighted by Gasteiger charge is -2.33. The van der Waals surface area contributed by atoms with E-state index < -0.39 is 14.9 Å². The molecule has 0 amide bonds. The number of anilines is 1. The second-order valence-corrected chi connectivity index (χ2v) is 10.0. The van der Waals surface area contributed by atoms with Crippen LogP contribution in [0.5, 0.6) is 0 Å². The third-order valence-electron chi connectivity index (χ3n) is 6.13. The predicted octanol–water partition coefficient (Wildman–Crippen LogP) is 2.89. The van der Waals surface area contributed by atoms with Crippen LogP contribution in [0.25, 0.3) is 0 Å². The number of aryl methyl sites for hydroxylation is 1. The molecule has 30 heavy (non-hydrogen) atoms. The molecule has 1 aromatic heterocycles. The van der Waals surface area contributed by atoms with Gasteiger partial charge in [-0.05, 0) is 49.3 Å². The summed E-state index contributed by atoms with van der Waals surface area (Å²) in [4.78, 5) is 13.3. The predicted molar refractivity (Wildman–Crippen MR) is 113 cm³/mol. The molecule has 0 bridgehead atoms. The van der Waals surface area contributed by atoms with Crippen LogP contribution >= 0.6 is 0 Å². The Hall–Kier alpha value is -2.46. The van der Waals surface area contributed by atoms with Gasteiger partial charge in [0.25, 0.3) is 5.69 Å². The van der Waals surface area contributed by atoms with Crippen LogP contribution in [0.2, 0.25) is 0 Å². The quantitative estimate of drug-likeness (QED) is 0.531. The molecule has 162 valence electrons. The van der Waals surface area contributed by atoms with E-state index in [1.807, 2.05) is 24.3 Å².